The highest BCUT2D eigenvalue weighted by Gasteiger charge is 2.31. The zero-order valence-corrected chi connectivity index (χ0v) is 17.4. The normalized spacial score (nSPS) is 18.4. The number of aromatic nitrogens is 3. The summed E-state index contributed by atoms with van der Waals surface area (Å²) in [4.78, 5) is 19.7. The van der Waals surface area contributed by atoms with Crippen molar-refractivity contribution in [2.45, 2.75) is 65.1 Å². The van der Waals surface area contributed by atoms with E-state index in [1.807, 2.05) is 29.5 Å². The van der Waals surface area contributed by atoms with Gasteiger partial charge in [0.2, 0.25) is 0 Å². The molecule has 1 fully saturated rings. The van der Waals surface area contributed by atoms with Crippen LogP contribution in [0.4, 0.5) is 0 Å². The summed E-state index contributed by atoms with van der Waals surface area (Å²) in [6.45, 7) is 8.80. The van der Waals surface area contributed by atoms with E-state index in [4.69, 9.17) is 5.73 Å². The van der Waals surface area contributed by atoms with Crippen LogP contribution in [-0.4, -0.2) is 44.2 Å². The molecule has 8 heteroatoms. The summed E-state index contributed by atoms with van der Waals surface area (Å²) in [7, 11) is 0. The Bertz CT molecular complexity index is 759. The number of hydrogen-bond acceptors (Lipinski definition) is 4. The molecule has 1 amide bonds. The molecule has 146 valence electrons. The third-order valence-corrected chi connectivity index (χ3v) is 4.90. The van der Waals surface area contributed by atoms with Crippen LogP contribution in [0, 0.1) is 6.92 Å². The average molecular weight is 402 g/mol. The molecule has 1 saturated heterocycles. The highest BCUT2D eigenvalue weighted by Crippen LogP contribution is 2.25. The molecule has 2 aromatic rings. The van der Waals surface area contributed by atoms with Crippen molar-refractivity contribution >= 4 is 41.8 Å². The van der Waals surface area contributed by atoms with Crippen molar-refractivity contribution in [1.82, 2.24) is 19.7 Å². The van der Waals surface area contributed by atoms with E-state index in [1.54, 1.807) is 6.20 Å². The van der Waals surface area contributed by atoms with Crippen molar-refractivity contribution in [3.8, 4) is 0 Å². The van der Waals surface area contributed by atoms with Crippen molar-refractivity contribution in [2.75, 3.05) is 6.54 Å². The number of likely N-dealkylation sites (tertiary alicyclic amines) is 1. The molecular formula is C18H29Cl2N5O. The number of fused-ring (bicyclic) bond motifs is 1. The van der Waals surface area contributed by atoms with Gasteiger partial charge in [-0.25, -0.2) is 9.67 Å². The molecule has 0 aliphatic carbocycles. The number of pyridine rings is 1. The molecule has 6 nitrogen and oxygen atoms in total. The van der Waals surface area contributed by atoms with Gasteiger partial charge in [0.25, 0.3) is 5.91 Å². The Morgan fingerprint density at radius 1 is 1.27 bits per heavy atom. The Labute approximate surface area is 167 Å². The van der Waals surface area contributed by atoms with E-state index < -0.39 is 0 Å². The van der Waals surface area contributed by atoms with Crippen LogP contribution in [0.15, 0.2) is 12.3 Å². The highest BCUT2D eigenvalue weighted by molar-refractivity contribution is 5.98. The van der Waals surface area contributed by atoms with Crippen molar-refractivity contribution in [3.05, 3.63) is 23.5 Å². The van der Waals surface area contributed by atoms with Crippen molar-refractivity contribution in [1.29, 1.82) is 0 Å². The van der Waals surface area contributed by atoms with Gasteiger partial charge < -0.3 is 10.6 Å². The van der Waals surface area contributed by atoms with Gasteiger partial charge in [-0.05, 0) is 53.0 Å². The number of aryl methyl sites for hydroxylation is 1. The number of carbonyl (C=O) groups excluding carboxylic acids is 1. The molecule has 3 heterocycles. The molecule has 3 rings (SSSR count). The minimum absolute atomic E-state index is 0. The fourth-order valence-electron chi connectivity index (χ4n) is 3.57. The van der Waals surface area contributed by atoms with Crippen LogP contribution in [-0.2, 0) is 0 Å². The monoisotopic (exact) mass is 401 g/mol. The summed E-state index contributed by atoms with van der Waals surface area (Å²) < 4.78 is 1.89. The van der Waals surface area contributed by atoms with Gasteiger partial charge in [0.15, 0.2) is 5.65 Å². The molecule has 0 spiro atoms. The van der Waals surface area contributed by atoms with E-state index >= 15 is 0 Å². The second kappa shape index (κ2) is 9.02. The highest BCUT2D eigenvalue weighted by atomic mass is 35.5. The molecule has 2 atom stereocenters. The van der Waals surface area contributed by atoms with Crippen molar-refractivity contribution < 1.29 is 4.79 Å². The summed E-state index contributed by atoms with van der Waals surface area (Å²) in [5, 5.41) is 5.31. The predicted octanol–water partition coefficient (Wildman–Crippen LogP) is 3.51. The lowest BCUT2D eigenvalue weighted by Crippen LogP contribution is -2.51. The first kappa shape index (κ1) is 22.7. The molecular weight excluding hydrogens is 373 g/mol. The molecule has 2 unspecified atom stereocenters. The number of nitrogens with two attached hydrogens (primary N) is 1. The SMILES string of the molecule is Cc1nc2c(cnn2C(C)C)cc1C(=O)N1CCCCC1C(C)N.Cl.Cl. The zero-order valence-electron chi connectivity index (χ0n) is 15.8. The van der Waals surface area contributed by atoms with E-state index in [0.717, 1.165) is 42.5 Å². The van der Waals surface area contributed by atoms with E-state index in [1.165, 1.54) is 0 Å². The van der Waals surface area contributed by atoms with E-state index in [9.17, 15) is 4.79 Å². The standard InChI is InChI=1S/C18H27N5O.2ClH/c1-11(2)23-17-14(10-20-23)9-15(13(4)21-17)18(24)22-8-6-5-7-16(22)12(3)19;;/h9-12,16H,5-8,19H2,1-4H3;2*1H. The first-order valence-corrected chi connectivity index (χ1v) is 8.81. The van der Waals surface area contributed by atoms with Crippen LogP contribution >= 0.6 is 24.8 Å². The van der Waals surface area contributed by atoms with Gasteiger partial charge >= 0.3 is 0 Å². The first-order valence-electron chi connectivity index (χ1n) is 8.81. The lowest BCUT2D eigenvalue weighted by Gasteiger charge is -2.38. The minimum Gasteiger partial charge on any atom is -0.334 e. The maximum absolute atomic E-state index is 13.1. The van der Waals surface area contributed by atoms with Gasteiger partial charge in [-0.1, -0.05) is 0 Å². The van der Waals surface area contributed by atoms with Crippen LogP contribution in [0.3, 0.4) is 0 Å². The fraction of sp³-hybridized carbons (Fsp3) is 0.611. The molecule has 2 N–H and O–H groups in total. The second-order valence-electron chi connectivity index (χ2n) is 7.14. The van der Waals surface area contributed by atoms with Crippen LogP contribution in [0.1, 0.15) is 62.1 Å². The van der Waals surface area contributed by atoms with Gasteiger partial charge in [0.05, 0.1) is 17.5 Å². The van der Waals surface area contributed by atoms with Crippen LogP contribution in [0.2, 0.25) is 0 Å². The van der Waals surface area contributed by atoms with Gasteiger partial charge in [0, 0.05) is 30.1 Å². The Balaban J connectivity index is 0.00000169. The van der Waals surface area contributed by atoms with Gasteiger partial charge in [0.1, 0.15) is 0 Å². The van der Waals surface area contributed by atoms with Crippen LogP contribution < -0.4 is 5.73 Å². The van der Waals surface area contributed by atoms with Crippen LogP contribution in [0.25, 0.3) is 11.0 Å². The largest absolute Gasteiger partial charge is 0.334 e. The quantitative estimate of drug-likeness (QED) is 0.853. The molecule has 0 radical (unpaired) electrons. The number of amides is 1. The van der Waals surface area contributed by atoms with E-state index in [2.05, 4.69) is 23.9 Å². The summed E-state index contributed by atoms with van der Waals surface area (Å²) in [5.74, 6) is 0.0428. The third-order valence-electron chi connectivity index (χ3n) is 4.90. The summed E-state index contributed by atoms with van der Waals surface area (Å²) in [5.41, 5.74) is 8.37. The smallest absolute Gasteiger partial charge is 0.256 e. The minimum atomic E-state index is -0.0186. The second-order valence-corrected chi connectivity index (χ2v) is 7.14. The Kier molecular flexibility index (Phi) is 7.86. The fourth-order valence-corrected chi connectivity index (χ4v) is 3.57. The average Bonchev–Trinajstić information content (AvgIpc) is 2.96. The Morgan fingerprint density at radius 2 is 1.96 bits per heavy atom. The summed E-state index contributed by atoms with van der Waals surface area (Å²) in [6.07, 6.45) is 4.93. The zero-order chi connectivity index (χ0) is 17.4. The summed E-state index contributed by atoms with van der Waals surface area (Å²) >= 11 is 0. The van der Waals surface area contributed by atoms with E-state index in [-0.39, 0.29) is 48.8 Å². The number of hydrogen-bond donors (Lipinski definition) is 1. The van der Waals surface area contributed by atoms with Crippen molar-refractivity contribution in [3.63, 3.8) is 0 Å². The molecule has 26 heavy (non-hydrogen) atoms. The topological polar surface area (TPSA) is 77.0 Å². The lowest BCUT2D eigenvalue weighted by molar-refractivity contribution is 0.0583. The molecule has 0 saturated carbocycles. The number of carbonyl (C=O) groups is 1. The number of piperidine rings is 1. The lowest BCUT2D eigenvalue weighted by atomic mass is 9.95. The summed E-state index contributed by atoms with van der Waals surface area (Å²) in [6, 6.07) is 2.26. The number of rotatable bonds is 3. The van der Waals surface area contributed by atoms with E-state index in [0.29, 0.717) is 5.56 Å². The van der Waals surface area contributed by atoms with Gasteiger partial charge in [-0.3, -0.25) is 4.79 Å². The maximum Gasteiger partial charge on any atom is 0.256 e. The third kappa shape index (κ3) is 4.13. The molecule has 0 bridgehead atoms. The number of halogens is 2. The maximum atomic E-state index is 13.1. The van der Waals surface area contributed by atoms with Crippen molar-refractivity contribution in [2.24, 2.45) is 5.73 Å². The van der Waals surface area contributed by atoms with Crippen LogP contribution in [0.5, 0.6) is 0 Å². The van der Waals surface area contributed by atoms with Gasteiger partial charge in [-0.2, -0.15) is 5.10 Å². The first-order chi connectivity index (χ1) is 11.4. The predicted molar refractivity (Wildman–Crippen MR) is 109 cm³/mol. The molecule has 1 aliphatic rings. The molecule has 1 aliphatic heterocycles. The molecule has 2 aromatic heterocycles. The molecule has 0 aromatic carbocycles. The number of nitrogens with zero attached hydrogens (tertiary/aromatic N) is 4. The Hall–Kier alpha value is -1.37. The van der Waals surface area contributed by atoms with Gasteiger partial charge in [-0.15, -0.1) is 24.8 Å². The Morgan fingerprint density at radius 3 is 2.58 bits per heavy atom.